The van der Waals surface area contributed by atoms with Crippen molar-refractivity contribution in [2.45, 2.75) is 45.3 Å². The number of ether oxygens (including phenoxy) is 1. The van der Waals surface area contributed by atoms with Crippen LogP contribution in [0.3, 0.4) is 0 Å². The molecule has 0 radical (unpaired) electrons. The van der Waals surface area contributed by atoms with Gasteiger partial charge in [0.1, 0.15) is 11.1 Å². The van der Waals surface area contributed by atoms with Gasteiger partial charge in [-0.3, -0.25) is 13.9 Å². The lowest BCUT2D eigenvalue weighted by Gasteiger charge is -2.24. The first kappa shape index (κ1) is 29.6. The fourth-order valence-electron chi connectivity index (χ4n) is 4.25. The highest BCUT2D eigenvalue weighted by Gasteiger charge is 2.51. The highest BCUT2D eigenvalue weighted by molar-refractivity contribution is 5.97. The number of methoxy groups -OCH3 is 1. The number of aryl methyl sites for hydroxylation is 1. The summed E-state index contributed by atoms with van der Waals surface area (Å²) in [4.78, 5) is 17.5. The Morgan fingerprint density at radius 2 is 1.95 bits per heavy atom. The number of anilines is 2. The number of imidazole rings is 1. The Morgan fingerprint density at radius 1 is 1.14 bits per heavy atom. The number of nitrogens with one attached hydrogen (secondary N) is 1. The first-order valence-corrected chi connectivity index (χ1v) is 13.4. The average Bonchev–Trinajstić information content (AvgIpc) is 3.72. The fourth-order valence-corrected chi connectivity index (χ4v) is 4.25. The first-order valence-electron chi connectivity index (χ1n) is 13.4. The Morgan fingerprint density at radius 3 is 2.72 bits per heavy atom. The lowest BCUT2D eigenvalue weighted by Crippen LogP contribution is -2.35. The van der Waals surface area contributed by atoms with Crippen molar-refractivity contribution in [3.63, 3.8) is 0 Å². The van der Waals surface area contributed by atoms with Gasteiger partial charge in [0.15, 0.2) is 17.2 Å². The van der Waals surface area contributed by atoms with Gasteiger partial charge in [0.2, 0.25) is 0 Å². The molecule has 1 N–H and O–H groups in total. The monoisotopic (exact) mass is 590 g/mol. The van der Waals surface area contributed by atoms with Gasteiger partial charge < -0.3 is 14.6 Å². The molecule has 1 aromatic carbocycles. The number of halogens is 3. The molecule has 222 valence electrons. The number of benzene rings is 1. The highest BCUT2D eigenvalue weighted by atomic mass is 19.4. The maximum absolute atomic E-state index is 13.4. The zero-order chi connectivity index (χ0) is 30.8. The number of Topliss-reactive ketones (excluding diaryl/α,β-unsaturated/α-hetero) is 1. The van der Waals surface area contributed by atoms with Crippen LogP contribution in [0.15, 0.2) is 65.7 Å². The van der Waals surface area contributed by atoms with Gasteiger partial charge in [0, 0.05) is 36.7 Å². The van der Waals surface area contributed by atoms with E-state index in [0.29, 0.717) is 35.6 Å². The normalized spacial score (nSPS) is 11.9. The molecule has 5 rings (SSSR count). The zero-order valence-corrected chi connectivity index (χ0v) is 24.0. The van der Waals surface area contributed by atoms with Crippen molar-refractivity contribution in [1.29, 1.82) is 0 Å². The summed E-state index contributed by atoms with van der Waals surface area (Å²) in [5, 5.41) is 11.4. The molecule has 0 saturated heterocycles. The average molecular weight is 591 g/mol. The molecular formula is C31H29F3N6O3. The standard InChI is InChI=1S/C31H29F3N6O3/c1-20-7-8-22(27(41)15-23-16-28(43-38-23)30(2,3)31(32,33)34)14-21(20)9-10-25-18-35-29-26(6-5-11-40(25)29)37-24-17-36-39(19-24)12-13-42-4/h5-8,11,14,16-19,37H,12-13,15H2,1-4H3. The van der Waals surface area contributed by atoms with Gasteiger partial charge in [-0.05, 0) is 50.5 Å². The number of nitrogens with zero attached hydrogens (tertiary/aromatic N) is 5. The third-order valence-electron chi connectivity index (χ3n) is 7.08. The molecule has 4 heterocycles. The van der Waals surface area contributed by atoms with E-state index in [2.05, 4.69) is 32.4 Å². The quantitative estimate of drug-likeness (QED) is 0.169. The van der Waals surface area contributed by atoms with Crippen LogP contribution in [0.4, 0.5) is 24.5 Å². The van der Waals surface area contributed by atoms with E-state index >= 15 is 0 Å². The highest BCUT2D eigenvalue weighted by Crippen LogP contribution is 2.40. The van der Waals surface area contributed by atoms with E-state index in [1.165, 1.54) is 6.07 Å². The molecule has 0 aliphatic rings. The molecular weight excluding hydrogens is 561 g/mol. The van der Waals surface area contributed by atoms with Crippen molar-refractivity contribution in [3.05, 3.63) is 95.0 Å². The summed E-state index contributed by atoms with van der Waals surface area (Å²) in [6.45, 7) is 5.09. The van der Waals surface area contributed by atoms with E-state index in [1.54, 1.807) is 42.4 Å². The second-order valence-corrected chi connectivity index (χ2v) is 10.6. The molecule has 4 aromatic heterocycles. The van der Waals surface area contributed by atoms with Gasteiger partial charge in [-0.2, -0.15) is 18.3 Å². The van der Waals surface area contributed by atoms with Crippen LogP contribution in [0, 0.1) is 18.8 Å². The van der Waals surface area contributed by atoms with Gasteiger partial charge in [0.25, 0.3) is 0 Å². The summed E-state index contributed by atoms with van der Waals surface area (Å²) < 4.78 is 53.8. The Labute approximate surface area is 245 Å². The smallest absolute Gasteiger partial charge is 0.383 e. The van der Waals surface area contributed by atoms with Crippen LogP contribution >= 0.6 is 0 Å². The molecule has 5 aromatic rings. The van der Waals surface area contributed by atoms with Crippen LogP contribution < -0.4 is 5.32 Å². The third-order valence-corrected chi connectivity index (χ3v) is 7.08. The number of alkyl halides is 3. The van der Waals surface area contributed by atoms with Gasteiger partial charge in [-0.25, -0.2) is 4.98 Å². The Bertz CT molecular complexity index is 1840. The van der Waals surface area contributed by atoms with E-state index in [1.807, 2.05) is 35.9 Å². The lowest BCUT2D eigenvalue weighted by molar-refractivity contribution is -0.185. The maximum Gasteiger partial charge on any atom is 0.401 e. The van der Waals surface area contributed by atoms with Crippen molar-refractivity contribution in [2.24, 2.45) is 0 Å². The van der Waals surface area contributed by atoms with Crippen LogP contribution in [-0.2, 0) is 23.1 Å². The summed E-state index contributed by atoms with van der Waals surface area (Å²) in [6.07, 6.45) is 2.41. The predicted molar refractivity (Wildman–Crippen MR) is 153 cm³/mol. The second kappa shape index (κ2) is 11.8. The van der Waals surface area contributed by atoms with E-state index in [0.717, 1.165) is 30.8 Å². The van der Waals surface area contributed by atoms with Crippen molar-refractivity contribution >= 4 is 22.8 Å². The molecule has 0 fully saturated rings. The van der Waals surface area contributed by atoms with Crippen LogP contribution in [0.25, 0.3) is 5.65 Å². The lowest BCUT2D eigenvalue weighted by atomic mass is 9.89. The van der Waals surface area contributed by atoms with Crippen LogP contribution in [0.5, 0.6) is 0 Å². The molecule has 12 heteroatoms. The molecule has 0 saturated carbocycles. The SMILES string of the molecule is COCCn1cc(Nc2cccn3c(C#Cc4cc(C(=O)Cc5cc(C(C)(C)C(F)(F)F)on5)ccc4C)cnc23)cn1. The topological polar surface area (TPSA) is 99.5 Å². The number of fused-ring (bicyclic) bond motifs is 1. The summed E-state index contributed by atoms with van der Waals surface area (Å²) >= 11 is 0. The number of hydrogen-bond donors (Lipinski definition) is 1. The summed E-state index contributed by atoms with van der Waals surface area (Å²) in [6, 6.07) is 10.1. The number of carbonyl (C=O) groups excluding carboxylic acids is 1. The number of hydrogen-bond acceptors (Lipinski definition) is 7. The molecule has 0 amide bonds. The Hall–Kier alpha value is -4.89. The fraction of sp³-hybridized carbons (Fsp3) is 0.290. The van der Waals surface area contributed by atoms with Gasteiger partial charge >= 0.3 is 6.18 Å². The molecule has 0 bridgehead atoms. The maximum atomic E-state index is 13.4. The molecule has 0 aliphatic carbocycles. The zero-order valence-electron chi connectivity index (χ0n) is 24.0. The van der Waals surface area contributed by atoms with E-state index in [-0.39, 0.29) is 23.7 Å². The molecule has 0 unspecified atom stereocenters. The third kappa shape index (κ3) is 6.32. The summed E-state index contributed by atoms with van der Waals surface area (Å²) in [5.41, 5.74) is 2.68. The second-order valence-electron chi connectivity index (χ2n) is 10.6. The van der Waals surface area contributed by atoms with Crippen molar-refractivity contribution in [1.82, 2.24) is 24.3 Å². The molecule has 0 spiro atoms. The van der Waals surface area contributed by atoms with Crippen molar-refractivity contribution in [2.75, 3.05) is 19.0 Å². The van der Waals surface area contributed by atoms with E-state index in [4.69, 9.17) is 9.26 Å². The predicted octanol–water partition coefficient (Wildman–Crippen LogP) is 5.88. The molecule has 0 atom stereocenters. The molecule has 43 heavy (non-hydrogen) atoms. The van der Waals surface area contributed by atoms with Gasteiger partial charge in [-0.15, -0.1) is 0 Å². The van der Waals surface area contributed by atoms with Gasteiger partial charge in [-0.1, -0.05) is 23.2 Å². The Balaban J connectivity index is 1.33. The van der Waals surface area contributed by atoms with Crippen LogP contribution in [-0.4, -0.2) is 50.0 Å². The van der Waals surface area contributed by atoms with Gasteiger partial charge in [0.05, 0.1) is 49.0 Å². The molecule has 0 aliphatic heterocycles. The largest absolute Gasteiger partial charge is 0.401 e. The minimum atomic E-state index is -4.52. The van der Waals surface area contributed by atoms with E-state index < -0.39 is 11.6 Å². The first-order chi connectivity index (χ1) is 20.5. The number of rotatable bonds is 9. The summed E-state index contributed by atoms with van der Waals surface area (Å²) in [7, 11) is 1.64. The summed E-state index contributed by atoms with van der Waals surface area (Å²) in [5.74, 6) is 5.61. The van der Waals surface area contributed by atoms with Crippen molar-refractivity contribution in [3.8, 4) is 11.8 Å². The Kier molecular flexibility index (Phi) is 8.10. The minimum Gasteiger partial charge on any atom is -0.383 e. The van der Waals surface area contributed by atoms with Crippen molar-refractivity contribution < 1.29 is 27.2 Å². The number of ketones is 1. The minimum absolute atomic E-state index is 0.128. The number of aromatic nitrogens is 5. The van der Waals surface area contributed by atoms with Crippen LogP contribution in [0.1, 0.15) is 52.5 Å². The number of pyridine rings is 1. The van der Waals surface area contributed by atoms with E-state index in [9.17, 15) is 18.0 Å². The number of carbonyl (C=O) groups is 1. The molecule has 9 nitrogen and oxygen atoms in total. The van der Waals surface area contributed by atoms with Crippen LogP contribution in [0.2, 0.25) is 0 Å².